The number of quaternary nitrogens is 1. The lowest BCUT2D eigenvalue weighted by Crippen LogP contribution is -2.49. The van der Waals surface area contributed by atoms with E-state index in [1.807, 2.05) is 6.92 Å². The van der Waals surface area contributed by atoms with Crippen molar-refractivity contribution in [3.63, 3.8) is 0 Å². The Morgan fingerprint density at radius 2 is 1.67 bits per heavy atom. The maximum Gasteiger partial charge on any atom is 0.188 e. The van der Waals surface area contributed by atoms with Crippen molar-refractivity contribution in [2.24, 2.45) is 0 Å². The topological polar surface area (TPSA) is 17.1 Å². The maximum absolute atomic E-state index is 11.2. The standard InChI is InChI=1S/C12H26NOS/c1-5-9-13(7-3,8-4)10-11-15-12(14)6-2/h5-11H2,1-4H3/q+1. The predicted octanol–water partition coefficient (Wildman–Crippen LogP) is 2.92. The highest BCUT2D eigenvalue weighted by Gasteiger charge is 2.21. The minimum Gasteiger partial charge on any atom is -0.323 e. The number of rotatable bonds is 8. The van der Waals surface area contributed by atoms with Crippen LogP contribution in [0.15, 0.2) is 0 Å². The number of hydrogen-bond donors (Lipinski definition) is 0. The molecule has 2 nitrogen and oxygen atoms in total. The second kappa shape index (κ2) is 8.17. The van der Waals surface area contributed by atoms with Crippen LogP contribution in [0.1, 0.15) is 40.5 Å². The van der Waals surface area contributed by atoms with Crippen LogP contribution in [0.4, 0.5) is 0 Å². The molecule has 0 N–H and O–H groups in total. The normalized spacial score (nSPS) is 11.7. The molecule has 0 aliphatic rings. The molecule has 0 saturated heterocycles. The van der Waals surface area contributed by atoms with E-state index in [4.69, 9.17) is 0 Å². The minimum absolute atomic E-state index is 0.330. The fraction of sp³-hybridized carbons (Fsp3) is 0.917. The highest BCUT2D eigenvalue weighted by molar-refractivity contribution is 8.13. The van der Waals surface area contributed by atoms with Crippen molar-refractivity contribution in [1.82, 2.24) is 0 Å². The number of carbonyl (C=O) groups excluding carboxylic acids is 1. The van der Waals surface area contributed by atoms with E-state index in [1.165, 1.54) is 42.3 Å². The molecule has 0 aliphatic carbocycles. The van der Waals surface area contributed by atoms with Gasteiger partial charge in [-0.1, -0.05) is 25.6 Å². The van der Waals surface area contributed by atoms with Crippen LogP contribution < -0.4 is 0 Å². The molecule has 0 radical (unpaired) electrons. The first-order valence-corrected chi connectivity index (χ1v) is 7.13. The van der Waals surface area contributed by atoms with Crippen LogP contribution in [0.25, 0.3) is 0 Å². The summed E-state index contributed by atoms with van der Waals surface area (Å²) in [6.07, 6.45) is 1.89. The van der Waals surface area contributed by atoms with Gasteiger partial charge in [0.2, 0.25) is 0 Å². The second-order valence-corrected chi connectivity index (χ2v) is 5.15. The third-order valence-electron chi connectivity index (χ3n) is 3.16. The minimum atomic E-state index is 0.330. The van der Waals surface area contributed by atoms with E-state index in [0.29, 0.717) is 11.5 Å². The molecule has 3 heteroatoms. The fourth-order valence-corrected chi connectivity index (χ4v) is 2.81. The summed E-state index contributed by atoms with van der Waals surface area (Å²) in [6, 6.07) is 0. The highest BCUT2D eigenvalue weighted by atomic mass is 32.2. The molecule has 15 heavy (non-hydrogen) atoms. The Bertz CT molecular complexity index is 178. The second-order valence-electron chi connectivity index (χ2n) is 4.00. The highest BCUT2D eigenvalue weighted by Crippen LogP contribution is 2.12. The molecule has 0 unspecified atom stereocenters. The van der Waals surface area contributed by atoms with Gasteiger partial charge in [0.05, 0.1) is 31.9 Å². The molecular formula is C12H26NOS+. The lowest BCUT2D eigenvalue weighted by atomic mass is 10.3. The third kappa shape index (κ3) is 5.57. The van der Waals surface area contributed by atoms with E-state index >= 15 is 0 Å². The number of nitrogens with zero attached hydrogens (tertiary/aromatic N) is 1. The molecule has 0 aromatic carbocycles. The van der Waals surface area contributed by atoms with Crippen molar-refractivity contribution < 1.29 is 9.28 Å². The Hall–Kier alpha value is -0.0200. The van der Waals surface area contributed by atoms with Crippen LogP contribution in [-0.2, 0) is 4.79 Å². The average molecular weight is 232 g/mol. The summed E-state index contributed by atoms with van der Waals surface area (Å²) in [7, 11) is 0. The first-order chi connectivity index (χ1) is 7.14. The summed E-state index contributed by atoms with van der Waals surface area (Å²) >= 11 is 1.51. The zero-order chi connectivity index (χ0) is 11.7. The molecule has 0 fully saturated rings. The van der Waals surface area contributed by atoms with Crippen molar-refractivity contribution in [3.05, 3.63) is 0 Å². The van der Waals surface area contributed by atoms with Crippen LogP contribution in [0.5, 0.6) is 0 Å². The van der Waals surface area contributed by atoms with Crippen molar-refractivity contribution in [1.29, 1.82) is 0 Å². The predicted molar refractivity (Wildman–Crippen MR) is 69.1 cm³/mol. The first-order valence-electron chi connectivity index (χ1n) is 6.14. The van der Waals surface area contributed by atoms with E-state index in [0.717, 1.165) is 12.3 Å². The molecule has 0 aliphatic heterocycles. The molecule has 0 rings (SSSR count). The monoisotopic (exact) mass is 232 g/mol. The Balaban J connectivity index is 4.00. The van der Waals surface area contributed by atoms with Crippen molar-refractivity contribution in [2.75, 3.05) is 31.9 Å². The molecule has 0 aromatic heterocycles. The van der Waals surface area contributed by atoms with Gasteiger partial charge in [0, 0.05) is 6.42 Å². The number of carbonyl (C=O) groups is 1. The van der Waals surface area contributed by atoms with Crippen LogP contribution in [0.3, 0.4) is 0 Å². The van der Waals surface area contributed by atoms with E-state index in [1.54, 1.807) is 0 Å². The average Bonchev–Trinajstić information content (AvgIpc) is 2.27. The van der Waals surface area contributed by atoms with E-state index in [-0.39, 0.29) is 0 Å². The molecule has 0 spiro atoms. The lowest BCUT2D eigenvalue weighted by molar-refractivity contribution is -0.922. The molecule has 0 bridgehead atoms. The van der Waals surface area contributed by atoms with Gasteiger partial charge >= 0.3 is 0 Å². The van der Waals surface area contributed by atoms with Gasteiger partial charge in [-0.3, -0.25) is 4.79 Å². The van der Waals surface area contributed by atoms with E-state index in [2.05, 4.69) is 20.8 Å². The van der Waals surface area contributed by atoms with Crippen LogP contribution in [0, 0.1) is 0 Å². The Kier molecular flexibility index (Phi) is 8.16. The Labute approximate surface area is 99.0 Å². The van der Waals surface area contributed by atoms with Gasteiger partial charge in [-0.25, -0.2) is 0 Å². The van der Waals surface area contributed by atoms with Gasteiger partial charge in [0.1, 0.15) is 0 Å². The van der Waals surface area contributed by atoms with Crippen molar-refractivity contribution in [3.8, 4) is 0 Å². The first kappa shape index (κ1) is 15.0. The summed E-state index contributed by atoms with van der Waals surface area (Å²) in [4.78, 5) is 11.2. The van der Waals surface area contributed by atoms with Gasteiger partial charge in [-0.2, -0.15) is 0 Å². The fourth-order valence-electron chi connectivity index (χ4n) is 1.90. The summed E-state index contributed by atoms with van der Waals surface area (Å²) in [5.74, 6) is 0.981. The van der Waals surface area contributed by atoms with Crippen LogP contribution in [-0.4, -0.2) is 41.5 Å². The Morgan fingerprint density at radius 1 is 1.07 bits per heavy atom. The van der Waals surface area contributed by atoms with Gasteiger partial charge in [0.15, 0.2) is 5.12 Å². The van der Waals surface area contributed by atoms with Gasteiger partial charge in [0.25, 0.3) is 0 Å². The third-order valence-corrected chi connectivity index (χ3v) is 4.15. The molecule has 90 valence electrons. The maximum atomic E-state index is 11.2. The number of hydrogen-bond acceptors (Lipinski definition) is 2. The quantitative estimate of drug-likeness (QED) is 0.599. The van der Waals surface area contributed by atoms with Gasteiger partial charge < -0.3 is 4.48 Å². The smallest absolute Gasteiger partial charge is 0.188 e. The summed E-state index contributed by atoms with van der Waals surface area (Å²) in [5, 5.41) is 0.330. The summed E-state index contributed by atoms with van der Waals surface area (Å²) in [6.45, 7) is 13.4. The molecule has 0 saturated carbocycles. The molecule has 0 atom stereocenters. The molecule has 0 heterocycles. The SMILES string of the molecule is CCC[N+](CC)(CC)CCSC(=O)CC. The largest absolute Gasteiger partial charge is 0.323 e. The van der Waals surface area contributed by atoms with E-state index < -0.39 is 0 Å². The number of thioether (sulfide) groups is 1. The van der Waals surface area contributed by atoms with E-state index in [9.17, 15) is 4.79 Å². The molecule has 0 aromatic rings. The van der Waals surface area contributed by atoms with Crippen molar-refractivity contribution >= 4 is 16.9 Å². The van der Waals surface area contributed by atoms with Gasteiger partial charge in [-0.05, 0) is 20.3 Å². The zero-order valence-corrected chi connectivity index (χ0v) is 11.5. The zero-order valence-electron chi connectivity index (χ0n) is 10.7. The van der Waals surface area contributed by atoms with Crippen LogP contribution in [0.2, 0.25) is 0 Å². The molecular weight excluding hydrogens is 206 g/mol. The Morgan fingerprint density at radius 3 is 2.07 bits per heavy atom. The lowest BCUT2D eigenvalue weighted by Gasteiger charge is -2.36. The van der Waals surface area contributed by atoms with Gasteiger partial charge in [-0.15, -0.1) is 0 Å². The summed E-state index contributed by atoms with van der Waals surface area (Å²) in [5.41, 5.74) is 0. The molecule has 0 amide bonds. The van der Waals surface area contributed by atoms with Crippen molar-refractivity contribution in [2.45, 2.75) is 40.5 Å². The van der Waals surface area contributed by atoms with Crippen LogP contribution >= 0.6 is 11.8 Å². The summed E-state index contributed by atoms with van der Waals surface area (Å²) < 4.78 is 1.17.